The summed E-state index contributed by atoms with van der Waals surface area (Å²) in [5.74, 6) is -0.0136. The van der Waals surface area contributed by atoms with E-state index in [9.17, 15) is 18.0 Å². The van der Waals surface area contributed by atoms with E-state index in [-0.39, 0.29) is 22.3 Å². The first kappa shape index (κ1) is 22.9. The molecule has 0 spiro atoms. The number of hydrogen-bond acceptors (Lipinski definition) is 7. The van der Waals surface area contributed by atoms with E-state index in [1.807, 2.05) is 23.6 Å². The predicted octanol–water partition coefficient (Wildman–Crippen LogP) is 3.92. The van der Waals surface area contributed by atoms with Crippen LogP contribution in [0.2, 0.25) is 5.02 Å². The van der Waals surface area contributed by atoms with Gasteiger partial charge in [-0.25, -0.2) is 13.2 Å². The van der Waals surface area contributed by atoms with Crippen LogP contribution in [0.4, 0.5) is 0 Å². The van der Waals surface area contributed by atoms with Gasteiger partial charge in [-0.15, -0.1) is 0 Å². The van der Waals surface area contributed by atoms with E-state index in [0.717, 1.165) is 23.7 Å². The first-order valence-corrected chi connectivity index (χ1v) is 12.1. The van der Waals surface area contributed by atoms with E-state index in [1.54, 1.807) is 19.1 Å². The van der Waals surface area contributed by atoms with Crippen LogP contribution in [0.15, 0.2) is 47.4 Å². The zero-order chi connectivity index (χ0) is 23.9. The molecular formula is C23H20ClNO7S. The van der Waals surface area contributed by atoms with Crippen LogP contribution < -0.4 is 9.47 Å². The number of sulfone groups is 1. The number of ether oxygens (including phenoxy) is 3. The summed E-state index contributed by atoms with van der Waals surface area (Å²) >= 11 is 6.03. The number of nitrogens with zero attached hydrogens (tertiary/aromatic N) is 1. The lowest BCUT2D eigenvalue weighted by Gasteiger charge is -2.11. The summed E-state index contributed by atoms with van der Waals surface area (Å²) in [6, 6.07) is 10.9. The second kappa shape index (κ2) is 8.57. The van der Waals surface area contributed by atoms with Crippen LogP contribution in [0.3, 0.4) is 0 Å². The molecule has 0 fully saturated rings. The lowest BCUT2D eigenvalue weighted by atomic mass is 10.1. The third-order valence-corrected chi connectivity index (χ3v) is 6.71. The van der Waals surface area contributed by atoms with Crippen LogP contribution in [0.1, 0.15) is 32.1 Å². The van der Waals surface area contributed by atoms with Gasteiger partial charge in [0, 0.05) is 35.0 Å². The minimum Gasteiger partial charge on any atom is -0.454 e. The fraction of sp³-hybridized carbons (Fsp3) is 0.217. The van der Waals surface area contributed by atoms with E-state index in [0.29, 0.717) is 22.8 Å². The highest BCUT2D eigenvalue weighted by Crippen LogP contribution is 2.35. The van der Waals surface area contributed by atoms with Crippen molar-refractivity contribution in [3.63, 3.8) is 0 Å². The van der Waals surface area contributed by atoms with Gasteiger partial charge in [-0.1, -0.05) is 11.6 Å². The molecule has 0 aliphatic carbocycles. The van der Waals surface area contributed by atoms with Gasteiger partial charge in [0.1, 0.15) is 0 Å². The zero-order valence-electron chi connectivity index (χ0n) is 18.0. The van der Waals surface area contributed by atoms with Crippen molar-refractivity contribution in [1.82, 2.24) is 4.57 Å². The number of ketones is 1. The minimum atomic E-state index is -3.54. The highest BCUT2D eigenvalue weighted by molar-refractivity contribution is 7.90. The predicted molar refractivity (Wildman–Crippen MR) is 121 cm³/mol. The van der Waals surface area contributed by atoms with E-state index < -0.39 is 28.2 Å². The fourth-order valence-electron chi connectivity index (χ4n) is 3.64. The Kier molecular flexibility index (Phi) is 5.94. The molecule has 0 bridgehead atoms. The van der Waals surface area contributed by atoms with E-state index in [4.69, 9.17) is 25.8 Å². The molecule has 0 amide bonds. The summed E-state index contributed by atoms with van der Waals surface area (Å²) in [7, 11) is -3.54. The quantitative estimate of drug-likeness (QED) is 0.382. The average Bonchev–Trinajstić information content (AvgIpc) is 3.34. The number of benzene rings is 2. The molecule has 0 saturated carbocycles. The molecule has 2 heterocycles. The van der Waals surface area contributed by atoms with Crippen molar-refractivity contribution in [1.29, 1.82) is 0 Å². The van der Waals surface area contributed by atoms with Gasteiger partial charge < -0.3 is 18.8 Å². The Balaban J connectivity index is 1.53. The number of hydrogen-bond donors (Lipinski definition) is 0. The molecule has 1 aromatic heterocycles. The number of carbonyl (C=O) groups excluding carboxylic acids is 2. The summed E-state index contributed by atoms with van der Waals surface area (Å²) in [6.45, 7) is 3.29. The molecule has 1 aliphatic heterocycles. The number of Topliss-reactive ketones (excluding diaryl/α,β-unsaturated/α-hetero) is 1. The second-order valence-corrected chi connectivity index (χ2v) is 9.99. The Bertz CT molecular complexity index is 1390. The van der Waals surface area contributed by atoms with Crippen LogP contribution in [0, 0.1) is 13.8 Å². The van der Waals surface area contributed by atoms with Crippen molar-refractivity contribution in [2.75, 3.05) is 19.7 Å². The van der Waals surface area contributed by atoms with Gasteiger partial charge in [-0.3, -0.25) is 4.79 Å². The summed E-state index contributed by atoms with van der Waals surface area (Å²) in [5.41, 5.74) is 2.55. The molecule has 4 rings (SSSR count). The second-order valence-electron chi connectivity index (χ2n) is 7.57. The SMILES string of the molecule is Cc1cc(C(=O)COC(=O)c2cc(S(C)(=O)=O)ccc2Cl)c(C)n1-c1ccc2c(c1)OCO2. The van der Waals surface area contributed by atoms with E-state index >= 15 is 0 Å². The molecule has 8 nitrogen and oxygen atoms in total. The monoisotopic (exact) mass is 489 g/mol. The minimum absolute atomic E-state index is 0.0286. The smallest absolute Gasteiger partial charge is 0.340 e. The Labute approximate surface area is 195 Å². The lowest BCUT2D eigenvalue weighted by molar-refractivity contribution is 0.0474. The van der Waals surface area contributed by atoms with E-state index in [2.05, 4.69) is 0 Å². The van der Waals surface area contributed by atoms with Crippen LogP contribution in [-0.2, 0) is 14.6 Å². The van der Waals surface area contributed by atoms with Crippen molar-refractivity contribution in [2.45, 2.75) is 18.7 Å². The molecule has 0 N–H and O–H groups in total. The largest absolute Gasteiger partial charge is 0.454 e. The van der Waals surface area contributed by atoms with Gasteiger partial charge in [0.15, 0.2) is 27.9 Å². The Morgan fingerprint density at radius 1 is 1.03 bits per heavy atom. The first-order valence-electron chi connectivity index (χ1n) is 9.85. The summed E-state index contributed by atoms with van der Waals surface area (Å²) in [5, 5.41) is 0.0286. The van der Waals surface area contributed by atoms with Crippen molar-refractivity contribution >= 4 is 33.2 Å². The summed E-state index contributed by atoms with van der Waals surface area (Å²) in [4.78, 5) is 25.2. The number of aryl methyl sites for hydroxylation is 1. The number of fused-ring (bicyclic) bond motifs is 1. The van der Waals surface area contributed by atoms with Gasteiger partial charge in [0.05, 0.1) is 15.5 Å². The molecule has 0 atom stereocenters. The van der Waals surface area contributed by atoms with Crippen LogP contribution in [0.25, 0.3) is 5.69 Å². The van der Waals surface area contributed by atoms with Gasteiger partial charge in [0.25, 0.3) is 0 Å². The molecule has 172 valence electrons. The highest BCUT2D eigenvalue weighted by atomic mass is 35.5. The maximum absolute atomic E-state index is 12.8. The standard InChI is InChI=1S/C23H20ClNO7S/c1-13-8-17(14(2)25(13)15-4-7-21-22(9-15)32-12-31-21)20(26)11-30-23(27)18-10-16(33(3,28)29)5-6-19(18)24/h4-10H,11-12H2,1-3H3. The average molecular weight is 490 g/mol. The van der Waals surface area contributed by atoms with Crippen LogP contribution in [-0.4, -0.2) is 44.4 Å². The fourth-order valence-corrected chi connectivity index (χ4v) is 4.49. The van der Waals surface area contributed by atoms with Crippen molar-refractivity contribution in [3.05, 3.63) is 70.0 Å². The number of halogens is 1. The summed E-state index contributed by atoms with van der Waals surface area (Å²) in [6.07, 6.45) is 1.02. The van der Waals surface area contributed by atoms with Gasteiger partial charge in [0.2, 0.25) is 12.6 Å². The lowest BCUT2D eigenvalue weighted by Crippen LogP contribution is -2.15. The highest BCUT2D eigenvalue weighted by Gasteiger charge is 2.22. The normalized spacial score (nSPS) is 12.6. The number of aromatic nitrogens is 1. The molecule has 33 heavy (non-hydrogen) atoms. The maximum Gasteiger partial charge on any atom is 0.340 e. The molecular weight excluding hydrogens is 470 g/mol. The van der Waals surface area contributed by atoms with Gasteiger partial charge in [-0.2, -0.15) is 0 Å². The van der Waals surface area contributed by atoms with E-state index in [1.165, 1.54) is 12.1 Å². The number of carbonyl (C=O) groups is 2. The molecule has 3 aromatic rings. The third kappa shape index (κ3) is 4.46. The number of rotatable bonds is 6. The molecule has 1 aliphatic rings. The molecule has 0 saturated heterocycles. The molecule has 2 aromatic carbocycles. The van der Waals surface area contributed by atoms with Crippen LogP contribution >= 0.6 is 11.6 Å². The van der Waals surface area contributed by atoms with Crippen molar-refractivity contribution < 1.29 is 32.2 Å². The van der Waals surface area contributed by atoms with Crippen molar-refractivity contribution in [2.24, 2.45) is 0 Å². The molecule has 0 unspecified atom stereocenters. The Morgan fingerprint density at radius 2 is 1.76 bits per heavy atom. The maximum atomic E-state index is 12.8. The number of esters is 1. The van der Waals surface area contributed by atoms with Crippen LogP contribution in [0.5, 0.6) is 11.5 Å². The third-order valence-electron chi connectivity index (χ3n) is 5.27. The topological polar surface area (TPSA) is 101 Å². The molecule has 0 radical (unpaired) electrons. The Hall–Kier alpha value is -3.30. The first-order chi connectivity index (χ1) is 15.6. The van der Waals surface area contributed by atoms with Gasteiger partial charge >= 0.3 is 5.97 Å². The molecule has 10 heteroatoms. The van der Waals surface area contributed by atoms with Gasteiger partial charge in [-0.05, 0) is 50.2 Å². The Morgan fingerprint density at radius 3 is 2.48 bits per heavy atom. The zero-order valence-corrected chi connectivity index (χ0v) is 19.6. The van der Waals surface area contributed by atoms with Crippen molar-refractivity contribution in [3.8, 4) is 17.2 Å². The summed E-state index contributed by atoms with van der Waals surface area (Å²) < 4.78 is 41.3.